The monoisotopic (exact) mass is 297 g/mol. The molecule has 0 spiro atoms. The molecular weight excluding hydrogens is 274 g/mol. The zero-order valence-electron chi connectivity index (χ0n) is 12.1. The summed E-state index contributed by atoms with van der Waals surface area (Å²) in [6, 6.07) is 4.97. The van der Waals surface area contributed by atoms with Gasteiger partial charge in [0.1, 0.15) is 0 Å². The highest BCUT2D eigenvalue weighted by Crippen LogP contribution is 2.20. The van der Waals surface area contributed by atoms with Crippen LogP contribution in [0.4, 0.5) is 5.69 Å². The molecule has 112 valence electrons. The van der Waals surface area contributed by atoms with E-state index >= 15 is 0 Å². The van der Waals surface area contributed by atoms with Crippen molar-refractivity contribution in [1.29, 1.82) is 0 Å². The highest BCUT2D eigenvalue weighted by Gasteiger charge is 2.24. The van der Waals surface area contributed by atoms with Crippen molar-refractivity contribution in [1.82, 2.24) is 9.62 Å². The molecule has 0 radical (unpaired) electrons. The lowest BCUT2D eigenvalue weighted by molar-refractivity contribution is 0.342. The summed E-state index contributed by atoms with van der Waals surface area (Å²) in [5.74, 6) is 0.395. The number of hydrogen-bond donors (Lipinski definition) is 2. The quantitative estimate of drug-likeness (QED) is 0.801. The number of nitrogens with zero attached hydrogens (tertiary/aromatic N) is 1. The Morgan fingerprint density at radius 3 is 2.85 bits per heavy atom. The molecule has 20 heavy (non-hydrogen) atoms. The van der Waals surface area contributed by atoms with E-state index in [1.807, 2.05) is 0 Å². The van der Waals surface area contributed by atoms with Crippen molar-refractivity contribution < 1.29 is 8.42 Å². The van der Waals surface area contributed by atoms with Gasteiger partial charge in [0.25, 0.3) is 0 Å². The van der Waals surface area contributed by atoms with Gasteiger partial charge in [-0.25, -0.2) is 13.1 Å². The number of aryl methyl sites for hydroxylation is 1. The van der Waals surface area contributed by atoms with Gasteiger partial charge in [0.05, 0.1) is 4.90 Å². The number of hydrogen-bond acceptors (Lipinski definition) is 4. The molecule has 1 heterocycles. The first kappa shape index (κ1) is 15.3. The minimum Gasteiger partial charge on any atom is -0.399 e. The van der Waals surface area contributed by atoms with Crippen LogP contribution in [0.3, 0.4) is 0 Å². The third-order valence-electron chi connectivity index (χ3n) is 3.88. The van der Waals surface area contributed by atoms with E-state index in [2.05, 4.69) is 16.5 Å². The maximum atomic E-state index is 12.3. The Kier molecular flexibility index (Phi) is 4.67. The smallest absolute Gasteiger partial charge is 0.240 e. The van der Waals surface area contributed by atoms with Crippen LogP contribution in [-0.2, 0) is 10.0 Å². The first-order valence-electron chi connectivity index (χ1n) is 7.00. The maximum absolute atomic E-state index is 12.3. The van der Waals surface area contributed by atoms with E-state index in [-0.39, 0.29) is 4.90 Å². The number of nitrogens with two attached hydrogens (primary N) is 1. The van der Waals surface area contributed by atoms with Gasteiger partial charge in [-0.3, -0.25) is 0 Å². The van der Waals surface area contributed by atoms with Crippen molar-refractivity contribution in [2.75, 3.05) is 31.9 Å². The summed E-state index contributed by atoms with van der Waals surface area (Å²) < 4.78 is 27.4. The van der Waals surface area contributed by atoms with E-state index in [0.717, 1.165) is 26.1 Å². The Labute approximate surface area is 121 Å². The Balaban J connectivity index is 2.03. The Hall–Kier alpha value is -1.11. The van der Waals surface area contributed by atoms with Crippen LogP contribution < -0.4 is 10.5 Å². The second-order valence-electron chi connectivity index (χ2n) is 5.42. The fraction of sp³-hybridized carbons (Fsp3) is 0.571. The lowest BCUT2D eigenvalue weighted by Crippen LogP contribution is -2.31. The fourth-order valence-corrected chi connectivity index (χ4v) is 3.97. The molecule has 0 aromatic heterocycles. The largest absolute Gasteiger partial charge is 0.399 e. The van der Waals surface area contributed by atoms with Gasteiger partial charge >= 0.3 is 0 Å². The number of likely N-dealkylation sites (tertiary alicyclic amines) is 1. The lowest BCUT2D eigenvalue weighted by atomic mass is 10.1. The van der Waals surface area contributed by atoms with E-state index in [1.165, 1.54) is 6.07 Å². The van der Waals surface area contributed by atoms with Crippen molar-refractivity contribution in [3.8, 4) is 0 Å². The van der Waals surface area contributed by atoms with Gasteiger partial charge in [0.2, 0.25) is 10.0 Å². The average Bonchev–Trinajstić information content (AvgIpc) is 2.87. The first-order valence-corrected chi connectivity index (χ1v) is 8.49. The summed E-state index contributed by atoms with van der Waals surface area (Å²) >= 11 is 0. The van der Waals surface area contributed by atoms with Crippen LogP contribution in [-0.4, -0.2) is 39.5 Å². The van der Waals surface area contributed by atoms with Crippen molar-refractivity contribution in [2.45, 2.75) is 25.2 Å². The van der Waals surface area contributed by atoms with E-state index in [0.29, 0.717) is 23.7 Å². The molecule has 0 amide bonds. The molecule has 1 saturated heterocycles. The third kappa shape index (κ3) is 3.50. The maximum Gasteiger partial charge on any atom is 0.240 e. The molecule has 1 atom stereocenters. The molecule has 1 fully saturated rings. The normalized spacial score (nSPS) is 20.4. The Morgan fingerprint density at radius 2 is 2.20 bits per heavy atom. The van der Waals surface area contributed by atoms with Crippen molar-refractivity contribution in [3.63, 3.8) is 0 Å². The summed E-state index contributed by atoms with van der Waals surface area (Å²) in [6.07, 6.45) is 1.05. The highest BCUT2D eigenvalue weighted by atomic mass is 32.2. The van der Waals surface area contributed by atoms with E-state index in [4.69, 9.17) is 5.73 Å². The molecule has 1 unspecified atom stereocenters. The van der Waals surface area contributed by atoms with Crippen LogP contribution >= 0.6 is 0 Å². The summed E-state index contributed by atoms with van der Waals surface area (Å²) in [5.41, 5.74) is 6.86. The van der Waals surface area contributed by atoms with Crippen molar-refractivity contribution >= 4 is 15.7 Å². The Morgan fingerprint density at radius 1 is 1.45 bits per heavy atom. The number of rotatable bonds is 5. The molecule has 0 bridgehead atoms. The first-order chi connectivity index (χ1) is 9.42. The zero-order valence-corrected chi connectivity index (χ0v) is 12.9. The second-order valence-corrected chi connectivity index (χ2v) is 7.16. The van der Waals surface area contributed by atoms with Gasteiger partial charge in [0, 0.05) is 18.8 Å². The molecule has 1 aliphatic heterocycles. The highest BCUT2D eigenvalue weighted by molar-refractivity contribution is 7.89. The molecule has 0 aliphatic carbocycles. The minimum atomic E-state index is -3.47. The standard InChI is InChI=1S/C14H23N3O2S/c1-3-17-7-6-12(10-17)9-16-20(18,19)14-8-13(15)5-4-11(14)2/h4-5,8,12,16H,3,6-7,9-10,15H2,1-2H3. The zero-order chi connectivity index (χ0) is 14.8. The van der Waals surface area contributed by atoms with Gasteiger partial charge in [-0.2, -0.15) is 0 Å². The number of sulfonamides is 1. The van der Waals surface area contributed by atoms with Gasteiger partial charge in [-0.1, -0.05) is 13.0 Å². The van der Waals surface area contributed by atoms with Crippen LogP contribution in [0, 0.1) is 12.8 Å². The van der Waals surface area contributed by atoms with E-state index < -0.39 is 10.0 Å². The number of anilines is 1. The summed E-state index contributed by atoms with van der Waals surface area (Å²) in [4.78, 5) is 2.62. The van der Waals surface area contributed by atoms with E-state index in [1.54, 1.807) is 19.1 Å². The van der Waals surface area contributed by atoms with Crippen LogP contribution in [0.15, 0.2) is 23.1 Å². The van der Waals surface area contributed by atoms with Gasteiger partial charge < -0.3 is 10.6 Å². The molecule has 6 heteroatoms. The van der Waals surface area contributed by atoms with Gasteiger partial charge in [-0.05, 0) is 50.0 Å². The molecule has 3 N–H and O–H groups in total. The molecule has 2 rings (SSSR count). The third-order valence-corrected chi connectivity index (χ3v) is 5.45. The van der Waals surface area contributed by atoms with Gasteiger partial charge in [0.15, 0.2) is 0 Å². The fourth-order valence-electron chi connectivity index (χ4n) is 2.58. The van der Waals surface area contributed by atoms with E-state index in [9.17, 15) is 8.42 Å². The van der Waals surface area contributed by atoms with Gasteiger partial charge in [-0.15, -0.1) is 0 Å². The number of nitrogen functional groups attached to an aromatic ring is 1. The minimum absolute atomic E-state index is 0.280. The molecular formula is C14H23N3O2S. The molecule has 0 saturated carbocycles. The number of benzene rings is 1. The summed E-state index contributed by atoms with van der Waals surface area (Å²) in [6.45, 7) is 7.45. The molecule has 1 aromatic rings. The van der Waals surface area contributed by atoms with Crippen LogP contribution in [0.5, 0.6) is 0 Å². The second kappa shape index (κ2) is 6.11. The lowest BCUT2D eigenvalue weighted by Gasteiger charge is -2.15. The number of nitrogens with one attached hydrogen (secondary N) is 1. The van der Waals surface area contributed by atoms with Crippen molar-refractivity contribution in [3.05, 3.63) is 23.8 Å². The molecule has 1 aromatic carbocycles. The summed E-state index contributed by atoms with van der Waals surface area (Å²) in [5, 5.41) is 0. The van der Waals surface area contributed by atoms with Crippen LogP contribution in [0.2, 0.25) is 0 Å². The summed E-state index contributed by atoms with van der Waals surface area (Å²) in [7, 11) is -3.47. The Bertz CT molecular complexity index is 572. The molecule has 1 aliphatic rings. The molecule has 5 nitrogen and oxygen atoms in total. The van der Waals surface area contributed by atoms with Crippen LogP contribution in [0.1, 0.15) is 18.9 Å². The predicted octanol–water partition coefficient (Wildman–Crippen LogP) is 1.20. The average molecular weight is 297 g/mol. The van der Waals surface area contributed by atoms with Crippen LogP contribution in [0.25, 0.3) is 0 Å². The SMILES string of the molecule is CCN1CCC(CNS(=O)(=O)c2cc(N)ccc2C)C1. The topological polar surface area (TPSA) is 75.4 Å². The van der Waals surface area contributed by atoms with Crippen molar-refractivity contribution in [2.24, 2.45) is 5.92 Å². The predicted molar refractivity (Wildman–Crippen MR) is 81.0 cm³/mol.